The van der Waals surface area contributed by atoms with Crippen molar-refractivity contribution in [2.75, 3.05) is 0 Å². The first-order valence-electron chi connectivity index (χ1n) is 7.38. The molecule has 0 radical (unpaired) electrons. The number of para-hydroxylation sites is 1. The summed E-state index contributed by atoms with van der Waals surface area (Å²) < 4.78 is 2.01. The van der Waals surface area contributed by atoms with Crippen molar-refractivity contribution in [3.8, 4) is 0 Å². The Labute approximate surface area is 149 Å². The molecule has 3 nitrogen and oxygen atoms in total. The number of halogens is 2. The summed E-state index contributed by atoms with van der Waals surface area (Å²) in [6.07, 6.45) is 4.70. The molecule has 122 valence electrons. The minimum absolute atomic E-state index is 0.108. The topological polar surface area (TPSA) is 39.1 Å². The lowest BCUT2D eigenvalue weighted by molar-refractivity contribution is -0.113. The van der Waals surface area contributed by atoms with Crippen molar-refractivity contribution in [1.82, 2.24) is 4.57 Å². The van der Waals surface area contributed by atoms with Gasteiger partial charge in [-0.1, -0.05) is 47.5 Å². The normalized spacial score (nSPS) is 15.9. The minimum Gasteiger partial charge on any atom is -0.338 e. The van der Waals surface area contributed by atoms with E-state index in [0.29, 0.717) is 5.56 Å². The van der Waals surface area contributed by atoms with Gasteiger partial charge in [-0.25, -0.2) is 0 Å². The van der Waals surface area contributed by atoms with Crippen LogP contribution >= 0.6 is 23.2 Å². The van der Waals surface area contributed by atoms with E-state index in [1.54, 1.807) is 0 Å². The highest BCUT2D eigenvalue weighted by molar-refractivity contribution is 6.62. The van der Waals surface area contributed by atoms with Crippen LogP contribution in [0.3, 0.4) is 0 Å². The summed E-state index contributed by atoms with van der Waals surface area (Å²) >= 11 is 12.1. The lowest BCUT2D eigenvalue weighted by Gasteiger charge is -2.23. The maximum atomic E-state index is 12.5. The van der Waals surface area contributed by atoms with E-state index in [-0.39, 0.29) is 21.2 Å². The number of fused-ring (bicyclic) bond motifs is 1. The molecule has 0 bridgehead atoms. The van der Waals surface area contributed by atoms with Crippen molar-refractivity contribution in [2.45, 2.75) is 19.4 Å². The van der Waals surface area contributed by atoms with Crippen molar-refractivity contribution in [3.63, 3.8) is 0 Å². The summed E-state index contributed by atoms with van der Waals surface area (Å²) in [6, 6.07) is 7.63. The molecule has 5 heteroatoms. The van der Waals surface area contributed by atoms with E-state index in [1.165, 1.54) is 0 Å². The van der Waals surface area contributed by atoms with Gasteiger partial charge in [-0.15, -0.1) is 6.58 Å². The van der Waals surface area contributed by atoms with E-state index >= 15 is 0 Å². The second-order valence-corrected chi connectivity index (χ2v) is 6.95. The fraction of sp³-hybridized carbons (Fsp3) is 0.158. The Morgan fingerprint density at radius 3 is 2.50 bits per heavy atom. The van der Waals surface area contributed by atoms with Crippen LogP contribution in [0, 0.1) is 0 Å². The number of carbonyl (C=O) groups is 2. The molecule has 0 aliphatic heterocycles. The van der Waals surface area contributed by atoms with Crippen molar-refractivity contribution in [3.05, 3.63) is 64.8 Å². The van der Waals surface area contributed by atoms with Gasteiger partial charge in [-0.3, -0.25) is 9.59 Å². The monoisotopic (exact) mass is 359 g/mol. The summed E-state index contributed by atoms with van der Waals surface area (Å²) in [5.74, 6) is -0.906. The lowest BCUT2D eigenvalue weighted by Crippen LogP contribution is -2.22. The quantitative estimate of drug-likeness (QED) is 0.583. The van der Waals surface area contributed by atoms with Gasteiger partial charge in [0.1, 0.15) is 0 Å². The number of aromatic nitrogens is 1. The predicted molar refractivity (Wildman–Crippen MR) is 98.2 cm³/mol. The summed E-state index contributed by atoms with van der Waals surface area (Å²) in [5.41, 5.74) is 1.27. The van der Waals surface area contributed by atoms with Crippen LogP contribution in [-0.4, -0.2) is 16.1 Å². The Kier molecular flexibility index (Phi) is 4.02. The van der Waals surface area contributed by atoms with Gasteiger partial charge in [-0.2, -0.15) is 0 Å². The number of ketones is 2. The molecule has 0 fully saturated rings. The fourth-order valence-electron chi connectivity index (χ4n) is 2.78. The molecular weight excluding hydrogens is 345 g/mol. The highest BCUT2D eigenvalue weighted by atomic mass is 35.5. The summed E-state index contributed by atoms with van der Waals surface area (Å²) in [5, 5.41) is 0.594. The van der Waals surface area contributed by atoms with E-state index in [1.807, 2.05) is 55.0 Å². The average Bonchev–Trinajstić information content (AvgIpc) is 2.94. The molecule has 0 spiro atoms. The molecule has 0 unspecified atom stereocenters. The highest BCUT2D eigenvalue weighted by Gasteiger charge is 2.31. The van der Waals surface area contributed by atoms with Crippen molar-refractivity contribution in [1.29, 1.82) is 0 Å². The SMILES string of the molecule is C=CC(C)(C)n1cc(C2=C(Cl)C(=O)C=C(Cl)C2=O)c2ccccc21. The van der Waals surface area contributed by atoms with Gasteiger partial charge >= 0.3 is 0 Å². The molecule has 1 aromatic heterocycles. The van der Waals surface area contributed by atoms with Gasteiger partial charge < -0.3 is 4.57 Å². The van der Waals surface area contributed by atoms with Crippen LogP contribution in [0.4, 0.5) is 0 Å². The van der Waals surface area contributed by atoms with Crippen molar-refractivity contribution in [2.24, 2.45) is 0 Å². The zero-order chi connectivity index (χ0) is 17.6. The summed E-state index contributed by atoms with van der Waals surface area (Å²) in [7, 11) is 0. The number of benzene rings is 1. The Hall–Kier alpha value is -2.10. The number of hydrogen-bond acceptors (Lipinski definition) is 2. The number of rotatable bonds is 3. The third-order valence-electron chi connectivity index (χ3n) is 4.24. The lowest BCUT2D eigenvalue weighted by atomic mass is 9.95. The predicted octanol–water partition coefficient (Wildman–Crippen LogP) is 4.79. The molecule has 0 amide bonds. The third-order valence-corrected chi connectivity index (χ3v) is 4.90. The summed E-state index contributed by atoms with van der Waals surface area (Å²) in [4.78, 5) is 24.5. The first-order valence-corrected chi connectivity index (χ1v) is 8.14. The zero-order valence-electron chi connectivity index (χ0n) is 13.3. The van der Waals surface area contributed by atoms with Crippen LogP contribution in [0.1, 0.15) is 19.4 Å². The smallest absolute Gasteiger partial charge is 0.206 e. The first-order chi connectivity index (χ1) is 11.3. The molecule has 0 atom stereocenters. The molecule has 24 heavy (non-hydrogen) atoms. The van der Waals surface area contributed by atoms with Crippen LogP contribution in [0.2, 0.25) is 0 Å². The second kappa shape index (κ2) is 5.76. The van der Waals surface area contributed by atoms with E-state index in [2.05, 4.69) is 6.58 Å². The Balaban J connectivity index is 2.36. The number of allylic oxidation sites excluding steroid dienone is 5. The molecule has 3 rings (SSSR count). The van der Waals surface area contributed by atoms with Crippen LogP contribution in [0.15, 0.2) is 59.3 Å². The van der Waals surface area contributed by atoms with Crippen LogP contribution in [0.5, 0.6) is 0 Å². The van der Waals surface area contributed by atoms with Crippen molar-refractivity contribution < 1.29 is 9.59 Å². The molecular formula is C19H15Cl2NO2. The van der Waals surface area contributed by atoms with Crippen LogP contribution in [-0.2, 0) is 15.1 Å². The summed E-state index contributed by atoms with van der Waals surface area (Å²) in [6.45, 7) is 7.89. The average molecular weight is 360 g/mol. The molecule has 0 saturated carbocycles. The van der Waals surface area contributed by atoms with Crippen LogP contribution in [0.25, 0.3) is 16.5 Å². The zero-order valence-corrected chi connectivity index (χ0v) is 14.8. The highest BCUT2D eigenvalue weighted by Crippen LogP contribution is 2.38. The largest absolute Gasteiger partial charge is 0.338 e. The molecule has 0 N–H and O–H groups in total. The number of Topliss-reactive ketones (excluding diaryl/α,β-unsaturated/α-hetero) is 1. The molecule has 1 aromatic carbocycles. The van der Waals surface area contributed by atoms with E-state index in [4.69, 9.17) is 23.2 Å². The fourth-order valence-corrected chi connectivity index (χ4v) is 3.22. The molecule has 0 saturated heterocycles. The third kappa shape index (κ3) is 2.45. The van der Waals surface area contributed by atoms with Gasteiger partial charge in [0.15, 0.2) is 5.78 Å². The molecule has 1 aliphatic carbocycles. The van der Waals surface area contributed by atoms with Gasteiger partial charge in [0.05, 0.1) is 21.2 Å². The standard InChI is InChI=1S/C19H15Cl2NO2/c1-4-19(2,3)22-10-12(11-7-5-6-8-14(11)22)16-17(21)15(23)9-13(20)18(16)24/h4-10H,1H2,2-3H3. The molecule has 1 aliphatic rings. The maximum Gasteiger partial charge on any atom is 0.206 e. The van der Waals surface area contributed by atoms with Gasteiger partial charge in [0.2, 0.25) is 5.78 Å². The maximum absolute atomic E-state index is 12.5. The Morgan fingerprint density at radius 2 is 1.83 bits per heavy atom. The van der Waals surface area contributed by atoms with E-state index in [0.717, 1.165) is 17.0 Å². The Bertz CT molecular complexity index is 961. The molecule has 2 aromatic rings. The Morgan fingerprint density at radius 1 is 1.17 bits per heavy atom. The van der Waals surface area contributed by atoms with Crippen molar-refractivity contribution >= 4 is 51.2 Å². The van der Waals surface area contributed by atoms with E-state index < -0.39 is 11.6 Å². The first kappa shape index (κ1) is 16.7. The van der Waals surface area contributed by atoms with Gasteiger partial charge in [-0.05, 0) is 19.9 Å². The minimum atomic E-state index is -0.462. The van der Waals surface area contributed by atoms with Crippen LogP contribution < -0.4 is 0 Å². The van der Waals surface area contributed by atoms with Gasteiger partial charge in [0.25, 0.3) is 0 Å². The number of nitrogens with zero attached hydrogens (tertiary/aromatic N) is 1. The number of carbonyl (C=O) groups excluding carboxylic acids is 2. The van der Waals surface area contributed by atoms with Gasteiger partial charge in [0, 0.05) is 28.7 Å². The number of hydrogen-bond donors (Lipinski definition) is 0. The molecule has 1 heterocycles. The second-order valence-electron chi connectivity index (χ2n) is 6.16. The van der Waals surface area contributed by atoms with E-state index in [9.17, 15) is 9.59 Å².